The zero-order valence-corrected chi connectivity index (χ0v) is 13.8. The zero-order chi connectivity index (χ0) is 15.0. The zero-order valence-electron chi connectivity index (χ0n) is 12.2. The number of hydrogen-bond donors (Lipinski definition) is 2. The highest BCUT2D eigenvalue weighted by molar-refractivity contribution is 7.89. The van der Waals surface area contributed by atoms with Crippen molar-refractivity contribution in [1.29, 1.82) is 0 Å². The number of anilines is 1. The van der Waals surface area contributed by atoms with Gasteiger partial charge in [0.25, 0.3) is 10.0 Å². The number of imidazole rings is 1. The number of rotatable bonds is 7. The quantitative estimate of drug-likeness (QED) is 0.816. The van der Waals surface area contributed by atoms with Gasteiger partial charge in [-0.25, -0.2) is 18.1 Å². The molecule has 2 unspecified atom stereocenters. The van der Waals surface area contributed by atoms with E-state index in [0.29, 0.717) is 35.7 Å². The lowest BCUT2D eigenvalue weighted by molar-refractivity contribution is 0.570. The van der Waals surface area contributed by atoms with Crippen molar-refractivity contribution >= 4 is 32.1 Å². The molecule has 1 saturated carbocycles. The van der Waals surface area contributed by atoms with Gasteiger partial charge in [-0.2, -0.15) is 0 Å². The van der Waals surface area contributed by atoms with E-state index in [2.05, 4.69) is 21.9 Å². The van der Waals surface area contributed by atoms with Gasteiger partial charge in [0, 0.05) is 24.7 Å². The van der Waals surface area contributed by atoms with Crippen molar-refractivity contribution in [1.82, 2.24) is 14.1 Å². The van der Waals surface area contributed by atoms with Crippen LogP contribution in [0.3, 0.4) is 0 Å². The molecule has 0 radical (unpaired) electrons. The summed E-state index contributed by atoms with van der Waals surface area (Å²) in [6, 6.07) is 0. The first-order chi connectivity index (χ1) is 10.0. The van der Waals surface area contributed by atoms with Gasteiger partial charge in [0.1, 0.15) is 0 Å². The third-order valence-corrected chi connectivity index (χ3v) is 6.03. The highest BCUT2D eigenvalue weighted by Gasteiger charge is 2.34. The second-order valence-corrected chi connectivity index (χ2v) is 8.13. The van der Waals surface area contributed by atoms with E-state index >= 15 is 0 Å². The van der Waals surface area contributed by atoms with Crippen LogP contribution in [0.2, 0.25) is 0 Å². The standard InChI is InChI=1S/C13H20N4O2S2/c1-3-4-14-11-12(17-5-6-20-13(17)16-11)21(18,19)15-8-10-7-9(10)2/h5-6,9-10,14-15H,3-4,7-8H2,1-2H3. The predicted octanol–water partition coefficient (Wildman–Crippen LogP) is 2.15. The van der Waals surface area contributed by atoms with E-state index in [9.17, 15) is 8.42 Å². The van der Waals surface area contributed by atoms with Gasteiger partial charge in [0.2, 0.25) is 0 Å². The Labute approximate surface area is 128 Å². The SMILES string of the molecule is CCCNc1nc2sccn2c1S(=O)(=O)NCC1CC1C. The molecule has 2 N–H and O–H groups in total. The Balaban J connectivity index is 1.90. The number of fused-ring (bicyclic) bond motifs is 1. The maximum Gasteiger partial charge on any atom is 0.260 e. The van der Waals surface area contributed by atoms with Crippen LogP contribution in [0.15, 0.2) is 16.6 Å². The van der Waals surface area contributed by atoms with Crippen LogP contribution in [0.25, 0.3) is 4.96 Å². The van der Waals surface area contributed by atoms with E-state index in [1.54, 1.807) is 10.6 Å². The highest BCUT2D eigenvalue weighted by Crippen LogP contribution is 2.37. The molecule has 1 aliphatic carbocycles. The number of nitrogens with one attached hydrogen (secondary N) is 2. The lowest BCUT2D eigenvalue weighted by Gasteiger charge is -2.08. The average Bonchev–Trinajstić information content (AvgIpc) is 2.84. The van der Waals surface area contributed by atoms with E-state index < -0.39 is 10.0 Å². The van der Waals surface area contributed by atoms with Crippen LogP contribution >= 0.6 is 11.3 Å². The van der Waals surface area contributed by atoms with Crippen LogP contribution in [0.1, 0.15) is 26.7 Å². The van der Waals surface area contributed by atoms with Gasteiger partial charge >= 0.3 is 0 Å². The maximum absolute atomic E-state index is 12.6. The summed E-state index contributed by atoms with van der Waals surface area (Å²) in [5.41, 5.74) is 0. The molecule has 2 aromatic heterocycles. The van der Waals surface area contributed by atoms with E-state index in [0.717, 1.165) is 12.8 Å². The van der Waals surface area contributed by atoms with Crippen molar-refractivity contribution in [2.75, 3.05) is 18.4 Å². The summed E-state index contributed by atoms with van der Waals surface area (Å²) >= 11 is 1.43. The van der Waals surface area contributed by atoms with Crippen molar-refractivity contribution in [3.05, 3.63) is 11.6 Å². The summed E-state index contributed by atoms with van der Waals surface area (Å²) in [7, 11) is -3.56. The first-order valence-electron chi connectivity index (χ1n) is 7.22. The maximum atomic E-state index is 12.6. The minimum atomic E-state index is -3.56. The van der Waals surface area contributed by atoms with E-state index in [4.69, 9.17) is 0 Å². The topological polar surface area (TPSA) is 75.5 Å². The van der Waals surface area contributed by atoms with Crippen molar-refractivity contribution in [3.8, 4) is 0 Å². The Morgan fingerprint density at radius 3 is 2.95 bits per heavy atom. The van der Waals surface area contributed by atoms with Crippen molar-refractivity contribution < 1.29 is 8.42 Å². The Bertz CT molecular complexity index is 735. The first-order valence-corrected chi connectivity index (χ1v) is 9.58. The van der Waals surface area contributed by atoms with Gasteiger partial charge < -0.3 is 5.32 Å². The molecule has 0 aliphatic heterocycles. The molecule has 21 heavy (non-hydrogen) atoms. The molecule has 116 valence electrons. The lowest BCUT2D eigenvalue weighted by atomic mass is 10.3. The van der Waals surface area contributed by atoms with Crippen LogP contribution < -0.4 is 10.0 Å². The van der Waals surface area contributed by atoms with Crippen LogP contribution in [0.4, 0.5) is 5.82 Å². The molecule has 0 bridgehead atoms. The number of hydrogen-bond acceptors (Lipinski definition) is 5. The van der Waals surface area contributed by atoms with Gasteiger partial charge in [0.05, 0.1) is 0 Å². The second-order valence-electron chi connectivity index (χ2n) is 5.57. The Morgan fingerprint density at radius 2 is 2.29 bits per heavy atom. The fourth-order valence-corrected chi connectivity index (χ4v) is 4.47. The van der Waals surface area contributed by atoms with E-state index in [1.807, 2.05) is 12.3 Å². The molecule has 2 heterocycles. The minimum Gasteiger partial charge on any atom is -0.368 e. The van der Waals surface area contributed by atoms with Crippen LogP contribution in [-0.2, 0) is 10.0 Å². The molecular formula is C13H20N4O2S2. The molecule has 0 amide bonds. The number of thiazole rings is 1. The molecule has 1 aliphatic rings. The summed E-state index contributed by atoms with van der Waals surface area (Å²) in [6.07, 6.45) is 3.76. The summed E-state index contributed by atoms with van der Waals surface area (Å²) < 4.78 is 29.6. The lowest BCUT2D eigenvalue weighted by Crippen LogP contribution is -2.28. The predicted molar refractivity (Wildman–Crippen MR) is 84.3 cm³/mol. The third-order valence-electron chi connectivity index (χ3n) is 3.83. The van der Waals surface area contributed by atoms with Crippen LogP contribution in [0.5, 0.6) is 0 Å². The van der Waals surface area contributed by atoms with Gasteiger partial charge in [-0.3, -0.25) is 4.40 Å². The molecule has 8 heteroatoms. The largest absolute Gasteiger partial charge is 0.368 e. The molecule has 1 fully saturated rings. The monoisotopic (exact) mass is 328 g/mol. The molecule has 6 nitrogen and oxygen atoms in total. The van der Waals surface area contributed by atoms with Gasteiger partial charge in [-0.1, -0.05) is 13.8 Å². The Hall–Kier alpha value is -1.12. The number of sulfonamides is 1. The molecular weight excluding hydrogens is 308 g/mol. The third kappa shape index (κ3) is 2.93. The fourth-order valence-electron chi connectivity index (χ4n) is 2.35. The minimum absolute atomic E-state index is 0.223. The van der Waals surface area contributed by atoms with Crippen molar-refractivity contribution in [2.45, 2.75) is 31.7 Å². The fraction of sp³-hybridized carbons (Fsp3) is 0.615. The Kier molecular flexibility index (Phi) is 3.94. The van der Waals surface area contributed by atoms with Crippen molar-refractivity contribution in [3.63, 3.8) is 0 Å². The van der Waals surface area contributed by atoms with Gasteiger partial charge in [-0.05, 0) is 24.7 Å². The smallest absolute Gasteiger partial charge is 0.260 e. The van der Waals surface area contributed by atoms with E-state index in [1.165, 1.54) is 11.3 Å². The molecule has 0 saturated heterocycles. The molecule has 0 spiro atoms. The Morgan fingerprint density at radius 1 is 1.52 bits per heavy atom. The highest BCUT2D eigenvalue weighted by atomic mass is 32.2. The van der Waals surface area contributed by atoms with Crippen LogP contribution in [0, 0.1) is 11.8 Å². The first kappa shape index (κ1) is 14.8. The summed E-state index contributed by atoms with van der Waals surface area (Å²) in [4.78, 5) is 5.07. The number of aromatic nitrogens is 2. The number of nitrogens with zero attached hydrogens (tertiary/aromatic N) is 2. The summed E-state index contributed by atoms with van der Waals surface area (Å²) in [6.45, 7) is 5.39. The van der Waals surface area contributed by atoms with Crippen LogP contribution in [-0.4, -0.2) is 30.9 Å². The molecule has 0 aromatic carbocycles. The van der Waals surface area contributed by atoms with Gasteiger partial charge in [0.15, 0.2) is 15.8 Å². The molecule has 2 aromatic rings. The second kappa shape index (κ2) is 5.58. The normalized spacial score (nSPS) is 21.8. The average molecular weight is 328 g/mol. The van der Waals surface area contributed by atoms with E-state index in [-0.39, 0.29) is 5.03 Å². The molecule has 2 atom stereocenters. The summed E-state index contributed by atoms with van der Waals surface area (Å²) in [5.74, 6) is 1.54. The van der Waals surface area contributed by atoms with Gasteiger partial charge in [-0.15, -0.1) is 11.3 Å². The summed E-state index contributed by atoms with van der Waals surface area (Å²) in [5, 5.41) is 5.18. The molecule has 3 rings (SSSR count). The van der Waals surface area contributed by atoms with Crippen molar-refractivity contribution in [2.24, 2.45) is 11.8 Å².